The highest BCUT2D eigenvalue weighted by atomic mass is 16.5. The number of methoxy groups -OCH3 is 1. The van der Waals surface area contributed by atoms with Crippen molar-refractivity contribution in [2.75, 3.05) is 26.7 Å². The van der Waals surface area contributed by atoms with E-state index >= 15 is 0 Å². The largest absolute Gasteiger partial charge is 0.469 e. The lowest BCUT2D eigenvalue weighted by molar-refractivity contribution is -0.145. The number of hydrogen-bond acceptors (Lipinski definition) is 5. The van der Waals surface area contributed by atoms with Crippen molar-refractivity contribution in [3.8, 4) is 0 Å². The van der Waals surface area contributed by atoms with Crippen LogP contribution in [0.5, 0.6) is 0 Å². The highest BCUT2D eigenvalue weighted by molar-refractivity contribution is 5.86. The molecule has 1 aliphatic rings. The summed E-state index contributed by atoms with van der Waals surface area (Å²) < 4.78 is 4.56. The van der Waals surface area contributed by atoms with Gasteiger partial charge in [-0.05, 0) is 0 Å². The number of nitrogens with zero attached hydrogens (tertiary/aromatic N) is 1. The Morgan fingerprint density at radius 2 is 2.47 bits per heavy atom. The van der Waals surface area contributed by atoms with E-state index in [1.54, 1.807) is 0 Å². The maximum Gasteiger partial charge on any atom is 0.310 e. The van der Waals surface area contributed by atoms with E-state index in [1.165, 1.54) is 12.0 Å². The van der Waals surface area contributed by atoms with Crippen LogP contribution in [0.3, 0.4) is 0 Å². The van der Waals surface area contributed by atoms with Crippen molar-refractivity contribution in [3.63, 3.8) is 0 Å². The molecule has 6 heteroatoms. The molecule has 3 N–H and O–H groups in total. The number of carbonyl (C=O) groups is 2. The lowest BCUT2D eigenvalue weighted by atomic mass is 10.1. The third-order valence-corrected chi connectivity index (χ3v) is 2.45. The topological polar surface area (TPSA) is 92.9 Å². The smallest absolute Gasteiger partial charge is 0.310 e. The van der Waals surface area contributed by atoms with Crippen LogP contribution in [0.1, 0.15) is 6.42 Å². The van der Waals surface area contributed by atoms with Gasteiger partial charge in [-0.15, -0.1) is 0 Å². The second kappa shape index (κ2) is 5.09. The average Bonchev–Trinajstić information content (AvgIpc) is 2.59. The van der Waals surface area contributed by atoms with Gasteiger partial charge in [0.15, 0.2) is 0 Å². The quantitative estimate of drug-likeness (QED) is 0.548. The molecule has 0 radical (unpaired) electrons. The fourth-order valence-electron chi connectivity index (χ4n) is 1.60. The maximum absolute atomic E-state index is 11.4. The number of aliphatic hydroxyl groups is 1. The van der Waals surface area contributed by atoms with Crippen LogP contribution in [0, 0.1) is 5.92 Å². The Bertz CT molecular complexity index is 256. The van der Waals surface area contributed by atoms with Gasteiger partial charge < -0.3 is 20.5 Å². The third kappa shape index (κ3) is 2.90. The second-order valence-electron chi connectivity index (χ2n) is 3.61. The van der Waals surface area contributed by atoms with E-state index in [4.69, 9.17) is 5.73 Å². The van der Waals surface area contributed by atoms with Gasteiger partial charge in [0.2, 0.25) is 5.91 Å². The molecule has 0 spiro atoms. The first-order chi connectivity index (χ1) is 7.08. The highest BCUT2D eigenvalue weighted by Gasteiger charge is 2.35. The van der Waals surface area contributed by atoms with Gasteiger partial charge in [-0.3, -0.25) is 9.59 Å². The zero-order chi connectivity index (χ0) is 11.4. The predicted octanol–water partition coefficient (Wildman–Crippen LogP) is -1.67. The van der Waals surface area contributed by atoms with E-state index in [0.717, 1.165) is 0 Å². The highest BCUT2D eigenvalue weighted by Crippen LogP contribution is 2.18. The molecule has 1 rings (SSSR count). The monoisotopic (exact) mass is 216 g/mol. The van der Waals surface area contributed by atoms with E-state index in [0.29, 0.717) is 6.54 Å². The number of amides is 1. The van der Waals surface area contributed by atoms with Crippen molar-refractivity contribution < 1.29 is 19.4 Å². The fraction of sp³-hybridized carbons (Fsp3) is 0.778. The minimum Gasteiger partial charge on any atom is -0.469 e. The third-order valence-electron chi connectivity index (χ3n) is 2.45. The zero-order valence-electron chi connectivity index (χ0n) is 8.68. The number of esters is 1. The lowest BCUT2D eigenvalue weighted by Crippen LogP contribution is -2.37. The maximum atomic E-state index is 11.4. The van der Waals surface area contributed by atoms with E-state index < -0.39 is 12.0 Å². The number of hydrogen-bond donors (Lipinski definition) is 2. The van der Waals surface area contributed by atoms with Gasteiger partial charge in [0.1, 0.15) is 0 Å². The first kappa shape index (κ1) is 11.9. The predicted molar refractivity (Wildman–Crippen MR) is 51.8 cm³/mol. The summed E-state index contributed by atoms with van der Waals surface area (Å²) in [6, 6.07) is 0. The van der Waals surface area contributed by atoms with Crippen molar-refractivity contribution in [2.45, 2.75) is 12.5 Å². The van der Waals surface area contributed by atoms with E-state index in [1.807, 2.05) is 0 Å². The van der Waals surface area contributed by atoms with Gasteiger partial charge in [0.25, 0.3) is 0 Å². The Morgan fingerprint density at radius 1 is 1.80 bits per heavy atom. The van der Waals surface area contributed by atoms with Crippen LogP contribution in [0.2, 0.25) is 0 Å². The molecule has 1 amide bonds. The summed E-state index contributed by atoms with van der Waals surface area (Å²) in [7, 11) is 1.30. The van der Waals surface area contributed by atoms with Gasteiger partial charge in [0.05, 0.1) is 19.1 Å². The van der Waals surface area contributed by atoms with Crippen molar-refractivity contribution in [3.05, 3.63) is 0 Å². The summed E-state index contributed by atoms with van der Waals surface area (Å²) in [4.78, 5) is 24.0. The molecular formula is C9H16N2O4. The van der Waals surface area contributed by atoms with Crippen LogP contribution >= 0.6 is 0 Å². The molecule has 6 nitrogen and oxygen atoms in total. The van der Waals surface area contributed by atoms with E-state index in [2.05, 4.69) is 4.74 Å². The molecule has 1 saturated heterocycles. The van der Waals surface area contributed by atoms with E-state index in [-0.39, 0.29) is 31.4 Å². The number of nitrogens with two attached hydrogens (primary N) is 1. The molecule has 0 bridgehead atoms. The second-order valence-corrected chi connectivity index (χ2v) is 3.61. The summed E-state index contributed by atoms with van der Waals surface area (Å²) in [5.74, 6) is -0.932. The van der Waals surface area contributed by atoms with Crippen molar-refractivity contribution in [1.29, 1.82) is 0 Å². The minimum atomic E-state index is -0.731. The van der Waals surface area contributed by atoms with Gasteiger partial charge in [0, 0.05) is 26.1 Å². The van der Waals surface area contributed by atoms with Crippen molar-refractivity contribution in [2.24, 2.45) is 11.7 Å². The van der Waals surface area contributed by atoms with Gasteiger partial charge in [-0.1, -0.05) is 0 Å². The Morgan fingerprint density at radius 3 is 3.00 bits per heavy atom. The SMILES string of the molecule is COC(=O)C1CC(=O)N(CC(O)CN)C1. The summed E-state index contributed by atoms with van der Waals surface area (Å²) >= 11 is 0. The molecule has 0 saturated carbocycles. The lowest BCUT2D eigenvalue weighted by Gasteiger charge is -2.19. The molecule has 0 aliphatic carbocycles. The Kier molecular flexibility index (Phi) is 4.05. The van der Waals surface area contributed by atoms with Crippen LogP contribution in [0.4, 0.5) is 0 Å². The molecular weight excluding hydrogens is 200 g/mol. The Labute approximate surface area is 88.0 Å². The molecule has 0 aromatic heterocycles. The molecule has 0 aromatic rings. The number of aliphatic hydroxyl groups excluding tert-OH is 1. The van der Waals surface area contributed by atoms with Gasteiger partial charge in [-0.25, -0.2) is 0 Å². The minimum absolute atomic E-state index is 0.104. The summed E-state index contributed by atoms with van der Waals surface area (Å²) in [6.07, 6.45) is -0.574. The van der Waals surface area contributed by atoms with Crippen LogP contribution in [0.25, 0.3) is 0 Å². The van der Waals surface area contributed by atoms with Crippen LogP contribution in [-0.4, -0.2) is 54.7 Å². The Balaban J connectivity index is 2.49. The first-order valence-corrected chi connectivity index (χ1v) is 4.82. The number of β-amino-alcohol motifs (C(OH)–C–C–N with tert-alkyl or cyclic N) is 1. The molecule has 0 aromatic carbocycles. The zero-order valence-corrected chi connectivity index (χ0v) is 8.68. The molecule has 15 heavy (non-hydrogen) atoms. The van der Waals surface area contributed by atoms with Crippen LogP contribution in [0.15, 0.2) is 0 Å². The van der Waals surface area contributed by atoms with Gasteiger partial charge >= 0.3 is 5.97 Å². The normalized spacial score (nSPS) is 23.0. The molecule has 2 unspecified atom stereocenters. The summed E-state index contributed by atoms with van der Waals surface area (Å²) in [6.45, 7) is 0.595. The fourth-order valence-corrected chi connectivity index (χ4v) is 1.60. The molecule has 1 heterocycles. The number of ether oxygens (including phenoxy) is 1. The van der Waals surface area contributed by atoms with Crippen molar-refractivity contribution in [1.82, 2.24) is 4.90 Å². The molecule has 2 atom stereocenters. The van der Waals surface area contributed by atoms with Crippen LogP contribution in [-0.2, 0) is 14.3 Å². The number of likely N-dealkylation sites (tertiary alicyclic amines) is 1. The summed E-state index contributed by atoms with van der Waals surface area (Å²) in [5.41, 5.74) is 5.24. The number of carbonyl (C=O) groups excluding carboxylic acids is 2. The Hall–Kier alpha value is -1.14. The van der Waals surface area contributed by atoms with Gasteiger partial charge in [-0.2, -0.15) is 0 Å². The van der Waals surface area contributed by atoms with Crippen LogP contribution < -0.4 is 5.73 Å². The first-order valence-electron chi connectivity index (χ1n) is 4.82. The molecule has 1 aliphatic heterocycles. The standard InChI is InChI=1S/C9H16N2O4/c1-15-9(14)6-2-8(13)11(4-6)5-7(12)3-10/h6-7,12H,2-5,10H2,1H3. The average molecular weight is 216 g/mol. The summed E-state index contributed by atoms with van der Waals surface area (Å²) in [5, 5.41) is 9.28. The van der Waals surface area contributed by atoms with Crippen molar-refractivity contribution >= 4 is 11.9 Å². The van der Waals surface area contributed by atoms with E-state index in [9.17, 15) is 14.7 Å². The molecule has 1 fully saturated rings. The molecule has 86 valence electrons. The number of rotatable bonds is 4.